The average Bonchev–Trinajstić information content (AvgIpc) is 2.60. The van der Waals surface area contributed by atoms with E-state index >= 15 is 0 Å². The number of hydrogen-bond acceptors (Lipinski definition) is 5. The lowest BCUT2D eigenvalue weighted by Crippen LogP contribution is -2.27. The number of benzene rings is 2. The van der Waals surface area contributed by atoms with Crippen molar-refractivity contribution >= 4 is 33.2 Å². The second-order valence-electron chi connectivity index (χ2n) is 6.61. The van der Waals surface area contributed by atoms with Crippen LogP contribution >= 0.6 is 0 Å². The van der Waals surface area contributed by atoms with Crippen LogP contribution in [0.1, 0.15) is 11.1 Å². The fourth-order valence-corrected chi connectivity index (χ4v) is 3.77. The maximum Gasteiger partial charge on any atom is 0.119 e. The van der Waals surface area contributed by atoms with E-state index in [4.69, 9.17) is 14.5 Å². The lowest BCUT2D eigenvalue weighted by Gasteiger charge is -2.29. The highest BCUT2D eigenvalue weighted by molar-refractivity contribution is 5.99. The summed E-state index contributed by atoms with van der Waals surface area (Å²) < 4.78 is 11.4. The highest BCUT2D eigenvalue weighted by Gasteiger charge is 2.21. The van der Waals surface area contributed by atoms with Crippen molar-refractivity contribution in [2.45, 2.75) is 13.2 Å². The Balaban J connectivity index is 1.84. The SMILES string of the molecule is CN1COCc2c1ccc1cc3ccc4c(c3nc21)COCN4C. The summed E-state index contributed by atoms with van der Waals surface area (Å²) in [5, 5.41) is 2.32. The first kappa shape index (κ1) is 14.0. The van der Waals surface area contributed by atoms with Crippen LogP contribution in [0.2, 0.25) is 0 Å². The minimum Gasteiger partial charge on any atom is -0.356 e. The molecule has 0 amide bonds. The summed E-state index contributed by atoms with van der Waals surface area (Å²) in [6.45, 7) is 2.47. The average molecular weight is 321 g/mol. The monoisotopic (exact) mass is 321 g/mol. The summed E-state index contributed by atoms with van der Waals surface area (Å²) in [4.78, 5) is 9.31. The third-order valence-electron chi connectivity index (χ3n) is 5.00. The molecule has 0 unspecified atom stereocenters. The summed E-state index contributed by atoms with van der Waals surface area (Å²) in [5.41, 5.74) is 6.83. The molecule has 0 atom stereocenters. The topological polar surface area (TPSA) is 37.8 Å². The molecule has 24 heavy (non-hydrogen) atoms. The van der Waals surface area contributed by atoms with E-state index in [1.807, 2.05) is 0 Å². The van der Waals surface area contributed by atoms with Gasteiger partial charge >= 0.3 is 0 Å². The predicted octanol–water partition coefficient (Wildman–Crippen LogP) is 3.24. The molecule has 0 fully saturated rings. The Hall–Kier alpha value is -2.37. The minimum atomic E-state index is 0.612. The number of hydrogen-bond donors (Lipinski definition) is 0. The first-order valence-electron chi connectivity index (χ1n) is 8.18. The molecule has 2 aliphatic heterocycles. The number of anilines is 2. The molecule has 1 aromatic heterocycles. The van der Waals surface area contributed by atoms with Crippen molar-refractivity contribution in [1.29, 1.82) is 0 Å². The first-order valence-corrected chi connectivity index (χ1v) is 8.18. The number of aromatic nitrogens is 1. The third-order valence-corrected chi connectivity index (χ3v) is 5.00. The van der Waals surface area contributed by atoms with E-state index in [-0.39, 0.29) is 0 Å². The second kappa shape index (κ2) is 5.06. The summed E-state index contributed by atoms with van der Waals surface area (Å²) in [5.74, 6) is 0. The lowest BCUT2D eigenvalue weighted by molar-refractivity contribution is 0.114. The van der Waals surface area contributed by atoms with E-state index in [1.54, 1.807) is 0 Å². The van der Waals surface area contributed by atoms with Gasteiger partial charge < -0.3 is 19.3 Å². The molecule has 0 aliphatic carbocycles. The van der Waals surface area contributed by atoms with Gasteiger partial charge in [0.15, 0.2) is 0 Å². The molecule has 0 N–H and O–H groups in total. The van der Waals surface area contributed by atoms with E-state index in [1.165, 1.54) is 22.5 Å². The molecule has 0 bridgehead atoms. The van der Waals surface area contributed by atoms with E-state index in [9.17, 15) is 0 Å². The molecule has 5 rings (SSSR count). The fourth-order valence-electron chi connectivity index (χ4n) is 3.77. The molecule has 5 nitrogen and oxygen atoms in total. The molecular formula is C19H19N3O2. The molecule has 3 aromatic rings. The van der Waals surface area contributed by atoms with Crippen LogP contribution in [0.15, 0.2) is 30.3 Å². The first-order chi connectivity index (χ1) is 11.7. The standard InChI is InChI=1S/C19H19N3O2/c1-21-10-23-8-14-16(21)5-3-12-7-13-4-6-17-15(9-24-11-22(17)2)19(13)20-18(12)14/h3-7H,8-11H2,1-2H3. The molecule has 2 aliphatic rings. The van der Waals surface area contributed by atoms with Crippen molar-refractivity contribution in [2.75, 3.05) is 37.4 Å². The maximum absolute atomic E-state index is 5.71. The van der Waals surface area contributed by atoms with Crippen molar-refractivity contribution < 1.29 is 9.47 Å². The van der Waals surface area contributed by atoms with Gasteiger partial charge in [-0.3, -0.25) is 0 Å². The van der Waals surface area contributed by atoms with Crippen molar-refractivity contribution in [1.82, 2.24) is 4.98 Å². The van der Waals surface area contributed by atoms with Gasteiger partial charge in [0, 0.05) is 47.4 Å². The third kappa shape index (κ3) is 1.92. The van der Waals surface area contributed by atoms with Crippen LogP contribution in [-0.4, -0.2) is 32.5 Å². The molecule has 0 spiro atoms. The Morgan fingerprint density at radius 3 is 1.79 bits per heavy atom. The summed E-state index contributed by atoms with van der Waals surface area (Å²) >= 11 is 0. The number of ether oxygens (including phenoxy) is 2. The molecule has 5 heteroatoms. The van der Waals surface area contributed by atoms with Gasteiger partial charge in [0.1, 0.15) is 13.5 Å². The van der Waals surface area contributed by atoms with Gasteiger partial charge in [0.25, 0.3) is 0 Å². The molecule has 0 saturated heterocycles. The van der Waals surface area contributed by atoms with Crippen molar-refractivity contribution in [3.8, 4) is 0 Å². The molecular weight excluding hydrogens is 302 g/mol. The normalized spacial score (nSPS) is 17.2. The lowest BCUT2D eigenvalue weighted by atomic mass is 10.0. The summed E-state index contributed by atoms with van der Waals surface area (Å²) in [7, 11) is 4.10. The van der Waals surface area contributed by atoms with Crippen molar-refractivity contribution in [3.05, 3.63) is 41.5 Å². The molecule has 3 heterocycles. The molecule has 0 radical (unpaired) electrons. The Bertz CT molecular complexity index is 895. The Morgan fingerprint density at radius 2 is 1.29 bits per heavy atom. The van der Waals surface area contributed by atoms with Crippen LogP contribution in [0.4, 0.5) is 11.4 Å². The summed E-state index contributed by atoms with van der Waals surface area (Å²) in [6, 6.07) is 10.9. The zero-order valence-corrected chi connectivity index (χ0v) is 13.9. The Morgan fingerprint density at radius 1 is 0.792 bits per heavy atom. The maximum atomic E-state index is 5.71. The van der Waals surface area contributed by atoms with Crippen LogP contribution in [0.25, 0.3) is 21.8 Å². The van der Waals surface area contributed by atoms with Gasteiger partial charge in [0.2, 0.25) is 0 Å². The Labute approximate surface area is 140 Å². The van der Waals surface area contributed by atoms with Crippen molar-refractivity contribution in [2.24, 2.45) is 0 Å². The number of fused-ring (bicyclic) bond motifs is 6. The highest BCUT2D eigenvalue weighted by Crippen LogP contribution is 2.36. The molecule has 0 saturated carbocycles. The highest BCUT2D eigenvalue weighted by atomic mass is 16.5. The van der Waals surface area contributed by atoms with Crippen LogP contribution in [-0.2, 0) is 22.7 Å². The molecule has 2 aromatic carbocycles. The van der Waals surface area contributed by atoms with Crippen LogP contribution in [0.5, 0.6) is 0 Å². The molecule has 122 valence electrons. The number of pyridine rings is 1. The fraction of sp³-hybridized carbons (Fsp3) is 0.316. The quantitative estimate of drug-likeness (QED) is 0.594. The second-order valence-corrected chi connectivity index (χ2v) is 6.61. The van der Waals surface area contributed by atoms with Gasteiger partial charge in [-0.1, -0.05) is 12.1 Å². The van der Waals surface area contributed by atoms with Gasteiger partial charge in [-0.05, 0) is 18.2 Å². The largest absolute Gasteiger partial charge is 0.356 e. The van der Waals surface area contributed by atoms with Gasteiger partial charge in [-0.2, -0.15) is 0 Å². The van der Waals surface area contributed by atoms with Crippen LogP contribution in [0, 0.1) is 0 Å². The zero-order valence-electron chi connectivity index (χ0n) is 13.9. The smallest absolute Gasteiger partial charge is 0.119 e. The number of rotatable bonds is 0. The Kier molecular flexibility index (Phi) is 2.96. The zero-order chi connectivity index (χ0) is 16.3. The van der Waals surface area contributed by atoms with E-state index < -0.39 is 0 Å². The van der Waals surface area contributed by atoms with Gasteiger partial charge in [-0.15, -0.1) is 0 Å². The van der Waals surface area contributed by atoms with Gasteiger partial charge in [-0.25, -0.2) is 4.98 Å². The predicted molar refractivity (Wildman–Crippen MR) is 95.4 cm³/mol. The van der Waals surface area contributed by atoms with E-state index in [2.05, 4.69) is 54.2 Å². The van der Waals surface area contributed by atoms with E-state index in [0.717, 1.165) is 21.8 Å². The van der Waals surface area contributed by atoms with Crippen molar-refractivity contribution in [3.63, 3.8) is 0 Å². The summed E-state index contributed by atoms with van der Waals surface area (Å²) in [6.07, 6.45) is 0. The van der Waals surface area contributed by atoms with Crippen LogP contribution in [0.3, 0.4) is 0 Å². The minimum absolute atomic E-state index is 0.612. The number of nitrogens with zero attached hydrogens (tertiary/aromatic N) is 3. The van der Waals surface area contributed by atoms with E-state index in [0.29, 0.717) is 26.7 Å². The van der Waals surface area contributed by atoms with Crippen LogP contribution < -0.4 is 9.80 Å². The van der Waals surface area contributed by atoms with Gasteiger partial charge in [0.05, 0.1) is 24.2 Å².